The minimum Gasteiger partial charge on any atom is -0.326 e. The predicted molar refractivity (Wildman–Crippen MR) is 67.7 cm³/mol. The first kappa shape index (κ1) is 16.6. The zero-order chi connectivity index (χ0) is 15.8. The van der Waals surface area contributed by atoms with E-state index in [1.165, 1.54) is 4.90 Å². The van der Waals surface area contributed by atoms with Gasteiger partial charge in [0.1, 0.15) is 6.04 Å². The topological polar surface area (TPSA) is 56.1 Å². The molecule has 0 spiro atoms. The Morgan fingerprint density at radius 1 is 1.40 bits per heavy atom. The highest BCUT2D eigenvalue weighted by Crippen LogP contribution is 2.32. The molecule has 0 aromatic rings. The van der Waals surface area contributed by atoms with Crippen LogP contribution in [0.2, 0.25) is 0 Å². The van der Waals surface area contributed by atoms with E-state index in [-0.39, 0.29) is 19.5 Å². The van der Waals surface area contributed by atoms with Gasteiger partial charge in [-0.25, -0.2) is 4.79 Å². The Bertz CT molecular complexity index is 414. The summed E-state index contributed by atoms with van der Waals surface area (Å²) >= 11 is 0. The van der Waals surface area contributed by atoms with Gasteiger partial charge in [0, 0.05) is 13.1 Å². The molecule has 1 rings (SSSR count). The third kappa shape index (κ3) is 4.29. The minimum absolute atomic E-state index is 0.162. The van der Waals surface area contributed by atoms with E-state index in [1.807, 2.05) is 11.4 Å². The Hall–Kier alpha value is -1.45. The van der Waals surface area contributed by atoms with Gasteiger partial charge in [-0.3, -0.25) is 0 Å². The van der Waals surface area contributed by atoms with E-state index >= 15 is 0 Å². The lowest BCUT2D eigenvalue weighted by atomic mass is 9.84. The number of nitrogens with one attached hydrogen (secondary N) is 1. The molecule has 0 saturated carbocycles. The highest BCUT2D eigenvalue weighted by molar-refractivity contribution is 5.76. The number of urea groups is 1. The third-order valence-electron chi connectivity index (χ3n) is 3.15. The first-order valence-corrected chi connectivity index (χ1v) is 6.40. The summed E-state index contributed by atoms with van der Waals surface area (Å²) in [6, 6.07) is -0.591. The van der Waals surface area contributed by atoms with E-state index in [0.717, 1.165) is 0 Å². The number of halogens is 3. The Balaban J connectivity index is 2.64. The van der Waals surface area contributed by atoms with Crippen molar-refractivity contribution in [1.82, 2.24) is 10.2 Å². The molecule has 4 nitrogen and oxygen atoms in total. The van der Waals surface area contributed by atoms with Crippen molar-refractivity contribution in [1.29, 1.82) is 5.26 Å². The van der Waals surface area contributed by atoms with Crippen LogP contribution in [0, 0.1) is 22.2 Å². The first-order valence-electron chi connectivity index (χ1n) is 6.40. The number of nitriles is 1. The molecule has 1 aliphatic rings. The van der Waals surface area contributed by atoms with E-state index in [1.54, 1.807) is 27.7 Å². The second-order valence-corrected chi connectivity index (χ2v) is 6.84. The van der Waals surface area contributed by atoms with E-state index in [4.69, 9.17) is 5.26 Å². The number of hydrogen-bond donors (Lipinski definition) is 1. The monoisotopic (exact) mass is 291 g/mol. The normalized spacial score (nSPS) is 19.8. The maximum absolute atomic E-state index is 12.9. The molecular weight excluding hydrogens is 271 g/mol. The van der Waals surface area contributed by atoms with Crippen molar-refractivity contribution >= 4 is 6.03 Å². The van der Waals surface area contributed by atoms with Gasteiger partial charge in [-0.2, -0.15) is 18.4 Å². The zero-order valence-corrected chi connectivity index (χ0v) is 12.1. The second kappa shape index (κ2) is 5.15. The Morgan fingerprint density at radius 2 is 1.90 bits per heavy atom. The molecule has 2 amide bonds. The van der Waals surface area contributed by atoms with Crippen LogP contribution in [0.3, 0.4) is 0 Å². The molecule has 0 aromatic heterocycles. The van der Waals surface area contributed by atoms with Crippen LogP contribution in [0.5, 0.6) is 0 Å². The largest absolute Gasteiger partial charge is 0.408 e. The van der Waals surface area contributed by atoms with Gasteiger partial charge in [0.2, 0.25) is 0 Å². The lowest BCUT2D eigenvalue weighted by Gasteiger charge is -2.43. The number of rotatable bonds is 2. The molecule has 0 bridgehead atoms. The number of alkyl halides is 3. The quantitative estimate of drug-likeness (QED) is 0.850. The molecule has 1 saturated heterocycles. The van der Waals surface area contributed by atoms with Gasteiger partial charge in [-0.1, -0.05) is 20.8 Å². The summed E-state index contributed by atoms with van der Waals surface area (Å²) in [5.74, 6) is 0. The predicted octanol–water partition coefficient (Wildman–Crippen LogP) is 2.91. The lowest BCUT2D eigenvalue weighted by molar-refractivity contribution is -0.160. The number of likely N-dealkylation sites (tertiary alicyclic amines) is 1. The molecule has 1 heterocycles. The van der Waals surface area contributed by atoms with Crippen molar-refractivity contribution in [3.05, 3.63) is 0 Å². The van der Waals surface area contributed by atoms with E-state index in [0.29, 0.717) is 0 Å². The Kier molecular flexibility index (Phi) is 4.28. The van der Waals surface area contributed by atoms with E-state index in [2.05, 4.69) is 0 Å². The van der Waals surface area contributed by atoms with Gasteiger partial charge in [-0.15, -0.1) is 0 Å². The van der Waals surface area contributed by atoms with Crippen LogP contribution in [-0.4, -0.2) is 36.2 Å². The highest BCUT2D eigenvalue weighted by Gasteiger charge is 2.46. The summed E-state index contributed by atoms with van der Waals surface area (Å²) in [4.78, 5) is 13.0. The maximum atomic E-state index is 12.9. The summed E-state index contributed by atoms with van der Waals surface area (Å²) in [7, 11) is 0. The maximum Gasteiger partial charge on any atom is 0.408 e. The fourth-order valence-corrected chi connectivity index (χ4v) is 2.11. The summed E-state index contributed by atoms with van der Waals surface area (Å²) in [6.45, 7) is 7.06. The fraction of sp³-hybridized carbons (Fsp3) is 0.846. The smallest absolute Gasteiger partial charge is 0.326 e. The average Bonchev–Trinajstić information content (AvgIpc) is 2.20. The summed E-state index contributed by atoms with van der Waals surface area (Å²) < 4.78 is 38.8. The van der Waals surface area contributed by atoms with Crippen molar-refractivity contribution in [2.75, 3.05) is 13.1 Å². The first-order chi connectivity index (χ1) is 8.86. The highest BCUT2D eigenvalue weighted by atomic mass is 19.4. The number of nitrogens with zero attached hydrogens (tertiary/aromatic N) is 2. The summed E-state index contributed by atoms with van der Waals surface area (Å²) in [6.07, 6.45) is -4.67. The molecule has 0 radical (unpaired) electrons. The fourth-order valence-electron chi connectivity index (χ4n) is 2.11. The standard InChI is InChI=1S/C13H20F3N3O/c1-11(2,3)5-9(13(14,15)16)18-10(20)19-7-12(4,6-17)8-19/h9H,5,7-8H2,1-4H3,(H,18,20). The molecule has 114 valence electrons. The SMILES string of the molecule is CC(C)(C)CC(NC(=O)N1CC(C)(C#N)C1)C(F)(F)F. The molecule has 1 N–H and O–H groups in total. The van der Waals surface area contributed by atoms with E-state index in [9.17, 15) is 18.0 Å². The summed E-state index contributed by atoms with van der Waals surface area (Å²) in [5.41, 5.74) is -1.20. The molecule has 1 fully saturated rings. The van der Waals surface area contributed by atoms with Crippen LogP contribution in [-0.2, 0) is 0 Å². The second-order valence-electron chi connectivity index (χ2n) is 6.84. The van der Waals surface area contributed by atoms with Crippen LogP contribution in [0.15, 0.2) is 0 Å². The van der Waals surface area contributed by atoms with Gasteiger partial charge >= 0.3 is 12.2 Å². The summed E-state index contributed by atoms with van der Waals surface area (Å²) in [5, 5.41) is 10.9. The molecule has 20 heavy (non-hydrogen) atoms. The molecule has 7 heteroatoms. The number of hydrogen-bond acceptors (Lipinski definition) is 2. The minimum atomic E-state index is -4.48. The van der Waals surface area contributed by atoms with Gasteiger partial charge in [0.15, 0.2) is 0 Å². The van der Waals surface area contributed by atoms with Crippen LogP contribution < -0.4 is 5.32 Å². The van der Waals surface area contributed by atoms with Gasteiger partial charge in [0.25, 0.3) is 0 Å². The Morgan fingerprint density at radius 3 is 2.25 bits per heavy atom. The van der Waals surface area contributed by atoms with Crippen molar-refractivity contribution < 1.29 is 18.0 Å². The number of carbonyl (C=O) groups excluding carboxylic acids is 1. The van der Waals surface area contributed by atoms with Crippen LogP contribution >= 0.6 is 0 Å². The number of carbonyl (C=O) groups is 1. The molecule has 1 unspecified atom stereocenters. The third-order valence-corrected chi connectivity index (χ3v) is 3.15. The molecule has 0 aromatic carbocycles. The molecule has 1 aliphatic heterocycles. The van der Waals surface area contributed by atoms with Crippen LogP contribution in [0.1, 0.15) is 34.1 Å². The van der Waals surface area contributed by atoms with Crippen molar-refractivity contribution in [2.45, 2.75) is 46.3 Å². The zero-order valence-electron chi connectivity index (χ0n) is 12.1. The average molecular weight is 291 g/mol. The molecule has 1 atom stereocenters. The Labute approximate surface area is 116 Å². The van der Waals surface area contributed by atoms with Gasteiger partial charge in [-0.05, 0) is 18.8 Å². The van der Waals surface area contributed by atoms with Crippen molar-refractivity contribution in [3.8, 4) is 6.07 Å². The lowest BCUT2D eigenvalue weighted by Crippen LogP contribution is -2.61. The van der Waals surface area contributed by atoms with Crippen LogP contribution in [0.4, 0.5) is 18.0 Å². The molecular formula is C13H20F3N3O. The van der Waals surface area contributed by atoms with Gasteiger partial charge < -0.3 is 10.2 Å². The van der Waals surface area contributed by atoms with Crippen molar-refractivity contribution in [3.63, 3.8) is 0 Å². The molecule has 0 aliphatic carbocycles. The van der Waals surface area contributed by atoms with Gasteiger partial charge in [0.05, 0.1) is 11.5 Å². The van der Waals surface area contributed by atoms with E-state index < -0.39 is 29.1 Å². The number of amides is 2. The van der Waals surface area contributed by atoms with Crippen molar-refractivity contribution in [2.24, 2.45) is 10.8 Å². The van der Waals surface area contributed by atoms with Crippen LogP contribution in [0.25, 0.3) is 0 Å².